The van der Waals surface area contributed by atoms with Crippen molar-refractivity contribution in [3.05, 3.63) is 88.1 Å². The van der Waals surface area contributed by atoms with Crippen LogP contribution in [0.15, 0.2) is 63.5 Å². The summed E-state index contributed by atoms with van der Waals surface area (Å²) in [6.45, 7) is 5.48. The number of nitrogens with zero attached hydrogens (tertiary/aromatic N) is 2. The number of halogens is 1. The van der Waals surface area contributed by atoms with Crippen LogP contribution in [0.2, 0.25) is 0 Å². The number of hydrogen-bond donors (Lipinski definition) is 0. The Morgan fingerprint density at radius 1 is 1.10 bits per heavy atom. The Balaban J connectivity index is 1.90. The van der Waals surface area contributed by atoms with Crippen LogP contribution in [0.4, 0.5) is 0 Å². The maximum absolute atomic E-state index is 13.8. The number of carbonyl (C=O) groups excluding carboxylic acids is 2. The van der Waals surface area contributed by atoms with E-state index in [2.05, 4.69) is 32.3 Å². The number of aromatic nitrogens is 1. The van der Waals surface area contributed by atoms with Crippen molar-refractivity contribution in [3.63, 3.8) is 0 Å². The zero-order valence-electron chi connectivity index (χ0n) is 21.9. The summed E-state index contributed by atoms with van der Waals surface area (Å²) in [6, 6.07) is 12.1. The second-order valence-electron chi connectivity index (χ2n) is 8.36. The van der Waals surface area contributed by atoms with Crippen LogP contribution < -0.4 is 24.4 Å². The lowest BCUT2D eigenvalue weighted by molar-refractivity contribution is -0.143. The van der Waals surface area contributed by atoms with Crippen molar-refractivity contribution in [2.75, 3.05) is 26.9 Å². The second-order valence-corrected chi connectivity index (χ2v) is 10.6. The van der Waals surface area contributed by atoms with Gasteiger partial charge in [0.15, 0.2) is 22.9 Å². The van der Waals surface area contributed by atoms with Gasteiger partial charge in [-0.2, -0.15) is 0 Å². The van der Waals surface area contributed by atoms with Gasteiger partial charge in [0.25, 0.3) is 5.56 Å². The standard InChI is InChI=1S/C28H27IN2O7S/c1-5-36-21-14-18(10-11-20(21)38-15-23(32)35-4)25-24(27(34)37-6-2)16(3)30-28-31(25)26(33)22(39-28)13-17-8-7-9-19(29)12-17/h7-14,25H,5-6,15H2,1-4H3/b22-13-/t25-/m1/s1. The first-order valence-electron chi connectivity index (χ1n) is 12.2. The van der Waals surface area contributed by atoms with Crippen LogP contribution in [0, 0.1) is 3.57 Å². The number of hydrogen-bond acceptors (Lipinski definition) is 9. The number of methoxy groups -OCH3 is 1. The first kappa shape index (κ1) is 28.6. The number of rotatable bonds is 9. The predicted octanol–water partition coefficient (Wildman–Crippen LogP) is 3.35. The van der Waals surface area contributed by atoms with Crippen molar-refractivity contribution in [3.8, 4) is 11.5 Å². The summed E-state index contributed by atoms with van der Waals surface area (Å²) in [5.74, 6) is -0.405. The van der Waals surface area contributed by atoms with Gasteiger partial charge in [-0.1, -0.05) is 29.5 Å². The van der Waals surface area contributed by atoms with Crippen molar-refractivity contribution >= 4 is 51.9 Å². The normalized spacial score (nSPS) is 14.9. The van der Waals surface area contributed by atoms with E-state index in [0.717, 1.165) is 9.13 Å². The van der Waals surface area contributed by atoms with Gasteiger partial charge in [0.1, 0.15) is 0 Å². The van der Waals surface area contributed by atoms with E-state index in [0.29, 0.717) is 38.7 Å². The largest absolute Gasteiger partial charge is 0.490 e. The second kappa shape index (κ2) is 12.6. The van der Waals surface area contributed by atoms with E-state index in [1.165, 1.54) is 23.0 Å². The van der Waals surface area contributed by atoms with Crippen molar-refractivity contribution in [1.82, 2.24) is 4.57 Å². The summed E-state index contributed by atoms with van der Waals surface area (Å²) >= 11 is 3.48. The van der Waals surface area contributed by atoms with Gasteiger partial charge in [-0.25, -0.2) is 14.6 Å². The Morgan fingerprint density at radius 3 is 2.59 bits per heavy atom. The molecule has 204 valence electrons. The molecule has 1 aliphatic heterocycles. The van der Waals surface area contributed by atoms with Crippen LogP contribution in [-0.2, 0) is 19.1 Å². The molecule has 0 saturated carbocycles. The smallest absolute Gasteiger partial charge is 0.343 e. The third kappa shape index (κ3) is 6.25. The molecule has 1 aromatic heterocycles. The average molecular weight is 663 g/mol. The van der Waals surface area contributed by atoms with Crippen LogP contribution in [0.25, 0.3) is 6.08 Å². The summed E-state index contributed by atoms with van der Waals surface area (Å²) in [6.07, 6.45) is 1.82. The molecule has 9 nitrogen and oxygen atoms in total. The maximum atomic E-state index is 13.8. The summed E-state index contributed by atoms with van der Waals surface area (Å²) in [4.78, 5) is 43.7. The Labute approximate surface area is 242 Å². The van der Waals surface area contributed by atoms with Crippen LogP contribution in [-0.4, -0.2) is 43.4 Å². The molecule has 0 spiro atoms. The zero-order chi connectivity index (χ0) is 28.1. The minimum Gasteiger partial charge on any atom is -0.490 e. The summed E-state index contributed by atoms with van der Waals surface area (Å²) in [5, 5.41) is 0. The third-order valence-electron chi connectivity index (χ3n) is 5.82. The molecule has 0 unspecified atom stereocenters. The Hall–Kier alpha value is -3.45. The molecule has 0 fully saturated rings. The van der Waals surface area contributed by atoms with Crippen LogP contribution in [0.3, 0.4) is 0 Å². The van der Waals surface area contributed by atoms with Crippen molar-refractivity contribution in [1.29, 1.82) is 0 Å². The van der Waals surface area contributed by atoms with Gasteiger partial charge in [0, 0.05) is 3.57 Å². The SMILES string of the molecule is CCOC(=O)C1=C(C)N=c2s/c(=C\c3cccc(I)c3)c(=O)n2[C@@H]1c1ccc(OCC(=O)OC)c(OCC)c1. The summed E-state index contributed by atoms with van der Waals surface area (Å²) in [7, 11) is 1.28. The molecule has 1 aliphatic rings. The summed E-state index contributed by atoms with van der Waals surface area (Å²) in [5.41, 5.74) is 1.93. The van der Waals surface area contributed by atoms with Gasteiger partial charge in [0.05, 0.1) is 42.2 Å². The molecule has 0 radical (unpaired) electrons. The topological polar surface area (TPSA) is 105 Å². The van der Waals surface area contributed by atoms with E-state index in [1.54, 1.807) is 32.0 Å². The fourth-order valence-electron chi connectivity index (χ4n) is 4.13. The molecule has 0 N–H and O–H groups in total. The minimum absolute atomic E-state index is 0.171. The molecular weight excluding hydrogens is 635 g/mol. The molecule has 0 saturated heterocycles. The molecule has 0 aliphatic carbocycles. The molecule has 4 rings (SSSR count). The maximum Gasteiger partial charge on any atom is 0.343 e. The van der Waals surface area contributed by atoms with Gasteiger partial charge in [-0.15, -0.1) is 0 Å². The highest BCUT2D eigenvalue weighted by molar-refractivity contribution is 14.1. The molecule has 39 heavy (non-hydrogen) atoms. The van der Waals surface area contributed by atoms with Crippen molar-refractivity contribution in [2.24, 2.45) is 4.99 Å². The number of carbonyl (C=O) groups is 2. The van der Waals surface area contributed by atoms with Crippen LogP contribution in [0.5, 0.6) is 11.5 Å². The zero-order valence-corrected chi connectivity index (χ0v) is 24.8. The average Bonchev–Trinajstić information content (AvgIpc) is 3.21. The molecular formula is C28H27IN2O7S. The van der Waals surface area contributed by atoms with E-state index < -0.39 is 18.0 Å². The number of allylic oxidation sites excluding steroid dienone is 1. The predicted molar refractivity (Wildman–Crippen MR) is 155 cm³/mol. The highest BCUT2D eigenvalue weighted by Gasteiger charge is 2.34. The Morgan fingerprint density at radius 2 is 1.90 bits per heavy atom. The van der Waals surface area contributed by atoms with Gasteiger partial charge in [-0.05, 0) is 84.8 Å². The lowest BCUT2D eigenvalue weighted by Gasteiger charge is -2.25. The highest BCUT2D eigenvalue weighted by atomic mass is 127. The van der Waals surface area contributed by atoms with Crippen LogP contribution >= 0.6 is 33.9 Å². The van der Waals surface area contributed by atoms with Crippen molar-refractivity contribution < 1.29 is 28.5 Å². The molecule has 2 aromatic carbocycles. The van der Waals surface area contributed by atoms with Gasteiger partial charge in [0.2, 0.25) is 0 Å². The fraction of sp³-hybridized carbons (Fsp3) is 0.286. The van der Waals surface area contributed by atoms with Crippen molar-refractivity contribution in [2.45, 2.75) is 26.8 Å². The Kier molecular flexibility index (Phi) is 9.23. The lowest BCUT2D eigenvalue weighted by Crippen LogP contribution is -2.40. The lowest BCUT2D eigenvalue weighted by atomic mass is 9.95. The number of benzene rings is 2. The van der Waals surface area contributed by atoms with E-state index in [1.807, 2.05) is 37.3 Å². The van der Waals surface area contributed by atoms with E-state index in [4.69, 9.17) is 14.2 Å². The third-order valence-corrected chi connectivity index (χ3v) is 7.47. The molecule has 11 heteroatoms. The Bertz CT molecular complexity index is 1620. The monoisotopic (exact) mass is 662 g/mol. The van der Waals surface area contributed by atoms with Crippen LogP contribution in [0.1, 0.15) is 37.9 Å². The molecule has 0 amide bonds. The molecule has 0 bridgehead atoms. The quantitative estimate of drug-likeness (QED) is 0.256. The number of thiazole rings is 1. The van der Waals surface area contributed by atoms with E-state index in [-0.39, 0.29) is 24.3 Å². The number of esters is 2. The van der Waals surface area contributed by atoms with E-state index in [9.17, 15) is 14.4 Å². The van der Waals surface area contributed by atoms with Gasteiger partial charge >= 0.3 is 11.9 Å². The minimum atomic E-state index is -0.813. The van der Waals surface area contributed by atoms with Gasteiger partial charge < -0.3 is 18.9 Å². The fourth-order valence-corrected chi connectivity index (χ4v) is 5.75. The first-order valence-corrected chi connectivity index (χ1v) is 14.1. The first-order chi connectivity index (χ1) is 18.8. The number of fused-ring (bicyclic) bond motifs is 1. The summed E-state index contributed by atoms with van der Waals surface area (Å²) < 4.78 is 24.5. The van der Waals surface area contributed by atoms with E-state index >= 15 is 0 Å². The van der Waals surface area contributed by atoms with Gasteiger partial charge in [-0.3, -0.25) is 9.36 Å². The number of ether oxygens (including phenoxy) is 4. The molecule has 3 aromatic rings. The highest BCUT2D eigenvalue weighted by Crippen LogP contribution is 2.36. The molecule has 1 atom stereocenters. The molecule has 2 heterocycles.